The van der Waals surface area contributed by atoms with Crippen LogP contribution >= 0.6 is 0 Å². The second-order valence-corrected chi connectivity index (χ2v) is 5.37. The molecule has 0 aliphatic heterocycles. The molecule has 0 unspecified atom stereocenters. The molecule has 1 aromatic rings. The van der Waals surface area contributed by atoms with E-state index in [1.54, 1.807) is 6.08 Å². The Labute approximate surface area is 162 Å². The van der Waals surface area contributed by atoms with Gasteiger partial charge in [-0.2, -0.15) is 0 Å². The summed E-state index contributed by atoms with van der Waals surface area (Å²) in [5.41, 5.74) is 1.28. The Hall–Kier alpha value is -1.37. The Morgan fingerprint density at radius 1 is 1.00 bits per heavy atom. The average molecular weight is 376 g/mol. The van der Waals surface area contributed by atoms with E-state index in [4.69, 9.17) is 9.30 Å². The normalized spacial score (nSPS) is 21.1. The molecule has 0 amide bonds. The molecule has 4 heteroatoms. The van der Waals surface area contributed by atoms with Crippen molar-refractivity contribution in [1.29, 1.82) is 0 Å². The number of rotatable bonds is 1. The molecule has 0 heterocycles. The van der Waals surface area contributed by atoms with Crippen LogP contribution in [0.15, 0.2) is 42.5 Å². The minimum atomic E-state index is 0. The number of hydrogen-bond donors (Lipinski definition) is 0. The predicted octanol–water partition coefficient (Wildman–Crippen LogP) is 4.27. The van der Waals surface area contributed by atoms with Crippen LogP contribution in [0.3, 0.4) is 0 Å². The monoisotopic (exact) mass is 376 g/mol. The summed E-state index contributed by atoms with van der Waals surface area (Å²) in [6, 6.07) is 10.3. The van der Waals surface area contributed by atoms with Crippen LogP contribution in [0.25, 0.3) is 0 Å². The molecule has 0 bridgehead atoms. The minimum Gasteiger partial charge on any atom is 0 e. The van der Waals surface area contributed by atoms with Gasteiger partial charge in [-0.25, -0.2) is 0 Å². The first kappa shape index (κ1) is 25.9. The standard InChI is InChI=1S/C13H14O.C6H7.2CO.Mn/c1-10-7-8-12(14)9-13(10)11-5-3-2-4-6-11;1-6-4-2-3-5-6;2*1-2;/h2-8,10,13H,9H2,1H3;2-5H,1H3;;;/t10-,13+;;;;/m0..../s1. The summed E-state index contributed by atoms with van der Waals surface area (Å²) in [5, 5.41) is 0. The van der Waals surface area contributed by atoms with Gasteiger partial charge in [0.1, 0.15) is 0 Å². The fourth-order valence-electron chi connectivity index (χ4n) is 2.46. The summed E-state index contributed by atoms with van der Waals surface area (Å²) < 4.78 is 15.0. The second kappa shape index (κ2) is 16.1. The van der Waals surface area contributed by atoms with Crippen LogP contribution in [-0.2, 0) is 31.2 Å². The maximum absolute atomic E-state index is 11.3. The van der Waals surface area contributed by atoms with Gasteiger partial charge in [0.2, 0.25) is 0 Å². The molecule has 0 N–H and O–H groups in total. The first-order chi connectivity index (χ1) is 11.7. The molecule has 2 aliphatic rings. The fraction of sp³-hybridized carbons (Fsp3) is 0.238. The van der Waals surface area contributed by atoms with E-state index in [0.717, 1.165) is 0 Å². The van der Waals surface area contributed by atoms with Gasteiger partial charge in [-0.05, 0) is 55.1 Å². The molecule has 3 nitrogen and oxygen atoms in total. The van der Waals surface area contributed by atoms with Crippen molar-refractivity contribution in [2.75, 3.05) is 0 Å². The molecule has 130 valence electrons. The SMILES string of the molecule is C[C@H]1C=CC(=O)C[C@H]1c1ccccc1.C[C]1[CH][CH][CH][CH]1.[C-]#[O+].[C-]#[O+].[Mn]. The fourth-order valence-corrected chi connectivity index (χ4v) is 2.46. The van der Waals surface area contributed by atoms with Crippen LogP contribution in [0, 0.1) is 50.8 Å². The molecular formula is C21H21MnO3. The van der Waals surface area contributed by atoms with Crippen molar-refractivity contribution < 1.29 is 31.2 Å². The van der Waals surface area contributed by atoms with E-state index < -0.39 is 0 Å². The molecule has 0 aromatic heterocycles. The van der Waals surface area contributed by atoms with Gasteiger partial charge in [-0.3, -0.25) is 4.79 Å². The molecule has 2 atom stereocenters. The van der Waals surface area contributed by atoms with Gasteiger partial charge in [0, 0.05) is 23.5 Å². The molecule has 3 rings (SSSR count). The number of carbonyl (C=O) groups excluding carboxylic acids is 1. The quantitative estimate of drug-likeness (QED) is 0.410. The number of benzene rings is 1. The Kier molecular flexibility index (Phi) is 16.7. The molecular weight excluding hydrogens is 355 g/mol. The van der Waals surface area contributed by atoms with Crippen LogP contribution in [0.2, 0.25) is 0 Å². The molecule has 1 fully saturated rings. The summed E-state index contributed by atoms with van der Waals surface area (Å²) in [7, 11) is 0. The van der Waals surface area contributed by atoms with Crippen molar-refractivity contribution in [2.24, 2.45) is 5.92 Å². The van der Waals surface area contributed by atoms with Gasteiger partial charge < -0.3 is 0 Å². The minimum absolute atomic E-state index is 0. The Morgan fingerprint density at radius 2 is 1.52 bits per heavy atom. The van der Waals surface area contributed by atoms with Gasteiger partial charge in [-0.15, -0.1) is 0 Å². The third-order valence-corrected chi connectivity index (χ3v) is 3.70. The largest absolute Gasteiger partial charge is 0 e. The Morgan fingerprint density at radius 3 is 1.96 bits per heavy atom. The molecule has 1 aromatic carbocycles. The first-order valence-corrected chi connectivity index (χ1v) is 7.52. The smallest absolute Gasteiger partial charge is 0 e. The number of carbonyl (C=O) groups is 1. The third-order valence-electron chi connectivity index (χ3n) is 3.70. The van der Waals surface area contributed by atoms with E-state index in [2.05, 4.69) is 52.1 Å². The Bertz CT molecular complexity index is 522. The molecule has 25 heavy (non-hydrogen) atoms. The Balaban J connectivity index is 0. The van der Waals surface area contributed by atoms with Crippen LogP contribution < -0.4 is 0 Å². The predicted molar refractivity (Wildman–Crippen MR) is 91.1 cm³/mol. The topological polar surface area (TPSA) is 56.9 Å². The van der Waals surface area contributed by atoms with Crippen molar-refractivity contribution in [3.05, 3.63) is 92.9 Å². The maximum Gasteiger partial charge on any atom is 0 e. The molecule has 0 spiro atoms. The number of hydrogen-bond acceptors (Lipinski definition) is 1. The summed E-state index contributed by atoms with van der Waals surface area (Å²) in [4.78, 5) is 11.3. The van der Waals surface area contributed by atoms with E-state index in [0.29, 0.717) is 18.3 Å². The second-order valence-electron chi connectivity index (χ2n) is 5.37. The van der Waals surface area contributed by atoms with Crippen LogP contribution in [-0.4, -0.2) is 5.78 Å². The number of ketones is 1. The molecule has 6 radical (unpaired) electrons. The van der Waals surface area contributed by atoms with E-state index >= 15 is 0 Å². The van der Waals surface area contributed by atoms with Gasteiger partial charge in [-0.1, -0.05) is 50.3 Å². The van der Waals surface area contributed by atoms with Crippen LogP contribution in [0.4, 0.5) is 0 Å². The molecule has 2 aliphatic carbocycles. The third kappa shape index (κ3) is 10.3. The van der Waals surface area contributed by atoms with Crippen molar-refractivity contribution in [3.63, 3.8) is 0 Å². The van der Waals surface area contributed by atoms with Crippen molar-refractivity contribution in [2.45, 2.75) is 26.2 Å². The van der Waals surface area contributed by atoms with Gasteiger partial charge in [0.25, 0.3) is 0 Å². The average Bonchev–Trinajstić information content (AvgIpc) is 3.13. The van der Waals surface area contributed by atoms with Crippen LogP contribution in [0.5, 0.6) is 0 Å². The number of allylic oxidation sites excluding steroid dienone is 2. The van der Waals surface area contributed by atoms with Crippen molar-refractivity contribution in [1.82, 2.24) is 0 Å². The van der Waals surface area contributed by atoms with Crippen molar-refractivity contribution >= 4 is 5.78 Å². The van der Waals surface area contributed by atoms with Crippen LogP contribution in [0.1, 0.15) is 31.7 Å². The summed E-state index contributed by atoms with van der Waals surface area (Å²) in [6.07, 6.45) is 12.6. The zero-order valence-electron chi connectivity index (χ0n) is 14.3. The first-order valence-electron chi connectivity index (χ1n) is 7.52. The van der Waals surface area contributed by atoms with Gasteiger partial charge in [0.15, 0.2) is 5.78 Å². The van der Waals surface area contributed by atoms with E-state index in [1.165, 1.54) is 11.5 Å². The van der Waals surface area contributed by atoms with Crippen molar-refractivity contribution in [3.8, 4) is 0 Å². The summed E-state index contributed by atoms with van der Waals surface area (Å²) in [5.74, 6) is 2.43. The zero-order chi connectivity index (χ0) is 18.4. The summed E-state index contributed by atoms with van der Waals surface area (Å²) >= 11 is 0. The van der Waals surface area contributed by atoms with E-state index in [1.807, 2.05) is 37.1 Å². The molecule has 0 saturated heterocycles. The zero-order valence-corrected chi connectivity index (χ0v) is 15.5. The van der Waals surface area contributed by atoms with Gasteiger partial charge in [0.05, 0.1) is 0 Å². The van der Waals surface area contributed by atoms with Gasteiger partial charge >= 0.3 is 22.6 Å². The van der Waals surface area contributed by atoms with E-state index in [9.17, 15) is 4.79 Å². The summed E-state index contributed by atoms with van der Waals surface area (Å²) in [6.45, 7) is 13.3. The molecule has 1 saturated carbocycles. The maximum atomic E-state index is 11.3. The van der Waals surface area contributed by atoms with E-state index in [-0.39, 0.29) is 22.9 Å².